The van der Waals surface area contributed by atoms with Crippen molar-refractivity contribution in [3.63, 3.8) is 0 Å². The van der Waals surface area contributed by atoms with Gasteiger partial charge in [0.15, 0.2) is 0 Å². The van der Waals surface area contributed by atoms with Gasteiger partial charge in [-0.3, -0.25) is 4.79 Å². The predicted molar refractivity (Wildman–Crippen MR) is 68.3 cm³/mol. The Morgan fingerprint density at radius 3 is 3.17 bits per heavy atom. The second-order valence-electron chi connectivity index (χ2n) is 4.30. The van der Waals surface area contributed by atoms with E-state index in [4.69, 9.17) is 9.47 Å². The number of ether oxygens (including phenoxy) is 2. The van der Waals surface area contributed by atoms with Gasteiger partial charge in [-0.2, -0.15) is 0 Å². The number of likely N-dealkylation sites (N-methyl/N-ethyl adjacent to an activating group) is 1. The van der Waals surface area contributed by atoms with E-state index in [9.17, 15) is 4.79 Å². The Bertz CT molecular complexity index is 434. The van der Waals surface area contributed by atoms with Crippen LogP contribution < -0.4 is 20.1 Å². The Hall–Kier alpha value is -1.75. The van der Waals surface area contributed by atoms with Crippen molar-refractivity contribution in [2.75, 3.05) is 26.8 Å². The summed E-state index contributed by atoms with van der Waals surface area (Å²) in [4.78, 5) is 11.9. The molecule has 0 aromatic heterocycles. The summed E-state index contributed by atoms with van der Waals surface area (Å²) >= 11 is 0. The average molecular weight is 250 g/mol. The standard InChI is InChI=1S/C13H18N2O3/c1-9-8-18-12-4-3-10(17-6-5-14-2)7-11(12)13(16)15-9/h3-4,7,9,14H,5-6,8H2,1-2H3,(H,15,16). The maximum absolute atomic E-state index is 11.9. The first-order valence-corrected chi connectivity index (χ1v) is 6.06. The first kappa shape index (κ1) is 12.7. The molecule has 0 bridgehead atoms. The highest BCUT2D eigenvalue weighted by Crippen LogP contribution is 2.26. The molecule has 1 aliphatic heterocycles. The zero-order chi connectivity index (χ0) is 13.0. The fraction of sp³-hybridized carbons (Fsp3) is 0.462. The SMILES string of the molecule is CNCCOc1ccc2c(c1)C(=O)NC(C)CO2. The van der Waals surface area contributed by atoms with Gasteiger partial charge >= 0.3 is 0 Å². The average Bonchev–Trinajstić information content (AvgIpc) is 2.50. The summed E-state index contributed by atoms with van der Waals surface area (Å²) in [5, 5.41) is 5.86. The maximum Gasteiger partial charge on any atom is 0.255 e. The molecular formula is C13H18N2O3. The van der Waals surface area contributed by atoms with Crippen molar-refractivity contribution in [2.45, 2.75) is 13.0 Å². The normalized spacial score (nSPS) is 18.3. The Morgan fingerprint density at radius 2 is 2.39 bits per heavy atom. The highest BCUT2D eigenvalue weighted by Gasteiger charge is 2.20. The van der Waals surface area contributed by atoms with Gasteiger partial charge in [-0.25, -0.2) is 0 Å². The number of amides is 1. The zero-order valence-electron chi connectivity index (χ0n) is 10.7. The number of hydrogen-bond donors (Lipinski definition) is 2. The van der Waals surface area contributed by atoms with Crippen LogP contribution in [0, 0.1) is 0 Å². The summed E-state index contributed by atoms with van der Waals surface area (Å²) in [5.74, 6) is 1.17. The van der Waals surface area contributed by atoms with Crippen LogP contribution in [0.15, 0.2) is 18.2 Å². The molecule has 0 saturated carbocycles. The maximum atomic E-state index is 11.9. The molecule has 1 aliphatic rings. The highest BCUT2D eigenvalue weighted by molar-refractivity contribution is 5.97. The first-order chi connectivity index (χ1) is 8.70. The van der Waals surface area contributed by atoms with Gasteiger partial charge in [0.2, 0.25) is 0 Å². The van der Waals surface area contributed by atoms with Crippen LogP contribution in [0.25, 0.3) is 0 Å². The topological polar surface area (TPSA) is 59.6 Å². The Labute approximate surface area is 106 Å². The van der Waals surface area contributed by atoms with Crippen molar-refractivity contribution >= 4 is 5.91 Å². The van der Waals surface area contributed by atoms with Crippen LogP contribution in [0.4, 0.5) is 0 Å². The van der Waals surface area contributed by atoms with Gasteiger partial charge in [0.25, 0.3) is 5.91 Å². The van der Waals surface area contributed by atoms with Crippen LogP contribution in [0.1, 0.15) is 17.3 Å². The van der Waals surface area contributed by atoms with Crippen molar-refractivity contribution in [2.24, 2.45) is 0 Å². The molecule has 0 fully saturated rings. The highest BCUT2D eigenvalue weighted by atomic mass is 16.5. The van der Waals surface area contributed by atoms with E-state index in [0.29, 0.717) is 30.3 Å². The summed E-state index contributed by atoms with van der Waals surface area (Å²) < 4.78 is 11.1. The third-order valence-electron chi connectivity index (χ3n) is 2.68. The molecule has 1 unspecified atom stereocenters. The third kappa shape index (κ3) is 2.92. The molecule has 1 heterocycles. The summed E-state index contributed by atoms with van der Waals surface area (Å²) in [6, 6.07) is 5.33. The van der Waals surface area contributed by atoms with E-state index in [1.165, 1.54) is 0 Å². The summed E-state index contributed by atoms with van der Waals surface area (Å²) in [5.41, 5.74) is 0.529. The lowest BCUT2D eigenvalue weighted by atomic mass is 10.1. The van der Waals surface area contributed by atoms with Crippen LogP contribution >= 0.6 is 0 Å². The monoisotopic (exact) mass is 250 g/mol. The summed E-state index contributed by atoms with van der Waals surface area (Å²) in [6.07, 6.45) is 0. The van der Waals surface area contributed by atoms with E-state index < -0.39 is 0 Å². The number of benzene rings is 1. The largest absolute Gasteiger partial charge is 0.492 e. The summed E-state index contributed by atoms with van der Waals surface area (Å²) in [7, 11) is 1.86. The number of rotatable bonds is 4. The van der Waals surface area contributed by atoms with Crippen molar-refractivity contribution in [3.05, 3.63) is 23.8 Å². The van der Waals surface area contributed by atoms with E-state index in [2.05, 4.69) is 10.6 Å². The van der Waals surface area contributed by atoms with Crippen molar-refractivity contribution in [1.29, 1.82) is 0 Å². The van der Waals surface area contributed by atoms with Gasteiger partial charge in [-0.15, -0.1) is 0 Å². The molecule has 1 atom stereocenters. The first-order valence-electron chi connectivity index (χ1n) is 6.06. The van der Waals surface area contributed by atoms with Crippen LogP contribution in [0.5, 0.6) is 11.5 Å². The van der Waals surface area contributed by atoms with Crippen LogP contribution in [-0.2, 0) is 0 Å². The molecule has 0 aliphatic carbocycles. The molecule has 0 spiro atoms. The lowest BCUT2D eigenvalue weighted by molar-refractivity contribution is 0.0942. The predicted octanol–water partition coefficient (Wildman–Crippen LogP) is 0.795. The number of fused-ring (bicyclic) bond motifs is 1. The van der Waals surface area contributed by atoms with Crippen LogP contribution in [-0.4, -0.2) is 38.8 Å². The smallest absolute Gasteiger partial charge is 0.255 e. The van der Waals surface area contributed by atoms with Crippen LogP contribution in [0.3, 0.4) is 0 Å². The Balaban J connectivity index is 2.15. The van der Waals surface area contributed by atoms with Crippen molar-refractivity contribution in [3.8, 4) is 11.5 Å². The van der Waals surface area contributed by atoms with E-state index in [-0.39, 0.29) is 11.9 Å². The fourth-order valence-electron chi connectivity index (χ4n) is 1.73. The lowest BCUT2D eigenvalue weighted by Gasteiger charge is -2.09. The second-order valence-corrected chi connectivity index (χ2v) is 4.30. The van der Waals surface area contributed by atoms with Crippen LogP contribution in [0.2, 0.25) is 0 Å². The molecule has 2 N–H and O–H groups in total. The zero-order valence-corrected chi connectivity index (χ0v) is 10.7. The Morgan fingerprint density at radius 1 is 1.56 bits per heavy atom. The van der Waals surface area contributed by atoms with Gasteiger partial charge in [0.05, 0.1) is 11.6 Å². The van der Waals surface area contributed by atoms with Crippen molar-refractivity contribution < 1.29 is 14.3 Å². The molecule has 1 amide bonds. The Kier molecular flexibility index (Phi) is 4.04. The van der Waals surface area contributed by atoms with Crippen molar-refractivity contribution in [1.82, 2.24) is 10.6 Å². The van der Waals surface area contributed by atoms with Gasteiger partial charge in [-0.1, -0.05) is 0 Å². The fourth-order valence-corrected chi connectivity index (χ4v) is 1.73. The van der Waals surface area contributed by atoms with Gasteiger partial charge in [0.1, 0.15) is 24.7 Å². The molecule has 2 rings (SSSR count). The molecule has 5 heteroatoms. The molecule has 1 aromatic rings. The van der Waals surface area contributed by atoms with Gasteiger partial charge in [-0.05, 0) is 32.2 Å². The van der Waals surface area contributed by atoms with Gasteiger partial charge in [0, 0.05) is 6.54 Å². The van der Waals surface area contributed by atoms with E-state index in [1.807, 2.05) is 20.0 Å². The number of nitrogens with one attached hydrogen (secondary N) is 2. The molecule has 1 aromatic carbocycles. The molecule has 5 nitrogen and oxygen atoms in total. The quantitative estimate of drug-likeness (QED) is 0.776. The molecule has 0 radical (unpaired) electrons. The van der Waals surface area contributed by atoms with E-state index in [1.54, 1.807) is 12.1 Å². The number of carbonyl (C=O) groups is 1. The minimum Gasteiger partial charge on any atom is -0.492 e. The minimum atomic E-state index is -0.117. The second kappa shape index (κ2) is 5.73. The molecule has 98 valence electrons. The van der Waals surface area contributed by atoms with E-state index >= 15 is 0 Å². The summed E-state index contributed by atoms with van der Waals surface area (Å²) in [6.45, 7) is 3.72. The lowest BCUT2D eigenvalue weighted by Crippen LogP contribution is -2.33. The third-order valence-corrected chi connectivity index (χ3v) is 2.68. The van der Waals surface area contributed by atoms with E-state index in [0.717, 1.165) is 6.54 Å². The molecule has 18 heavy (non-hydrogen) atoms. The van der Waals surface area contributed by atoms with Gasteiger partial charge < -0.3 is 20.1 Å². The molecular weight excluding hydrogens is 232 g/mol. The minimum absolute atomic E-state index is 0.0126. The molecule has 0 saturated heterocycles. The number of carbonyl (C=O) groups excluding carboxylic acids is 1. The number of hydrogen-bond acceptors (Lipinski definition) is 4.